The minimum Gasteiger partial charge on any atom is -0.388 e. The first-order valence-corrected chi connectivity index (χ1v) is 11.7. The molecule has 2 aliphatic heterocycles. The third-order valence-corrected chi connectivity index (χ3v) is 5.79. The quantitative estimate of drug-likeness (QED) is 0.312. The van der Waals surface area contributed by atoms with Crippen molar-refractivity contribution in [2.45, 2.75) is 102 Å². The number of hydrogen-bond acceptors (Lipinski definition) is 8. The van der Waals surface area contributed by atoms with Crippen molar-refractivity contribution in [3.63, 3.8) is 0 Å². The highest BCUT2D eigenvalue weighted by atomic mass is 16.7. The summed E-state index contributed by atoms with van der Waals surface area (Å²) in [6.07, 6.45) is 5.11. The number of aliphatic hydroxyl groups is 1. The van der Waals surface area contributed by atoms with Gasteiger partial charge in [-0.05, 0) is 25.7 Å². The summed E-state index contributed by atoms with van der Waals surface area (Å²) in [5.41, 5.74) is 0. The lowest BCUT2D eigenvalue weighted by Gasteiger charge is -2.45. The van der Waals surface area contributed by atoms with Crippen molar-refractivity contribution in [3.05, 3.63) is 0 Å². The van der Waals surface area contributed by atoms with E-state index in [9.17, 15) is 5.11 Å². The SMILES string of the molecule is CCCCCOC1[C@@H](OC)OC(CN(OC)C2CCCO2)[C@@H](O)[C@@H]1OCCCCC. The number of hydrogen-bond donors (Lipinski definition) is 1. The Balaban J connectivity index is 2.05. The molecule has 2 aliphatic rings. The van der Waals surface area contributed by atoms with Crippen LogP contribution in [0.2, 0.25) is 0 Å². The molecule has 0 spiro atoms. The highest BCUT2D eigenvalue weighted by Gasteiger charge is 2.48. The molecule has 0 aromatic carbocycles. The number of nitrogens with zero attached hydrogens (tertiary/aromatic N) is 1. The number of aliphatic hydroxyl groups excluding tert-OH is 1. The van der Waals surface area contributed by atoms with Crippen LogP contribution in [0.25, 0.3) is 0 Å². The molecule has 1 N–H and O–H groups in total. The fourth-order valence-corrected chi connectivity index (χ4v) is 4.02. The van der Waals surface area contributed by atoms with Gasteiger partial charge in [-0.15, -0.1) is 0 Å². The maximum atomic E-state index is 11.2. The van der Waals surface area contributed by atoms with Crippen LogP contribution < -0.4 is 0 Å². The van der Waals surface area contributed by atoms with Gasteiger partial charge in [0.25, 0.3) is 0 Å². The first-order chi connectivity index (χ1) is 14.7. The van der Waals surface area contributed by atoms with Crippen molar-refractivity contribution >= 4 is 0 Å². The first kappa shape index (κ1) is 25.9. The lowest BCUT2D eigenvalue weighted by Crippen LogP contribution is -2.62. The lowest BCUT2D eigenvalue weighted by molar-refractivity contribution is -0.323. The summed E-state index contributed by atoms with van der Waals surface area (Å²) in [5, 5.41) is 12.9. The molecular formula is C22H43NO7. The largest absolute Gasteiger partial charge is 0.388 e. The molecular weight excluding hydrogens is 390 g/mol. The molecule has 0 aromatic rings. The Labute approximate surface area is 182 Å². The molecule has 2 saturated heterocycles. The standard InChI is InChI=1S/C22H43NO7/c1-5-7-9-13-28-20-19(24)17(16-23(26-4)18-12-11-15-27-18)30-22(25-3)21(20)29-14-10-8-6-2/h17-22,24H,5-16H2,1-4H3/t17?,18?,19-,20+,21?,22+/m1/s1. The zero-order chi connectivity index (χ0) is 21.8. The Bertz CT molecular complexity index is 436. The van der Waals surface area contributed by atoms with E-state index in [1.165, 1.54) is 0 Å². The Kier molecular flexibility index (Phi) is 12.7. The Hall–Kier alpha value is -0.320. The summed E-state index contributed by atoms with van der Waals surface area (Å²) in [4.78, 5) is 5.53. The van der Waals surface area contributed by atoms with Crippen molar-refractivity contribution in [1.82, 2.24) is 5.06 Å². The molecule has 178 valence electrons. The fraction of sp³-hybridized carbons (Fsp3) is 1.00. The Morgan fingerprint density at radius 1 is 0.967 bits per heavy atom. The Morgan fingerprint density at radius 3 is 2.17 bits per heavy atom. The zero-order valence-corrected chi connectivity index (χ0v) is 19.3. The van der Waals surface area contributed by atoms with Crippen LogP contribution in [0.1, 0.15) is 65.2 Å². The summed E-state index contributed by atoms with van der Waals surface area (Å²) in [5.74, 6) is 0. The summed E-state index contributed by atoms with van der Waals surface area (Å²) < 4.78 is 29.7. The maximum Gasteiger partial charge on any atom is 0.186 e. The van der Waals surface area contributed by atoms with Crippen LogP contribution in [-0.4, -0.2) is 87.7 Å². The maximum absolute atomic E-state index is 11.2. The molecule has 0 aromatic heterocycles. The minimum absolute atomic E-state index is 0.126. The second-order valence-corrected chi connectivity index (χ2v) is 8.10. The van der Waals surface area contributed by atoms with Gasteiger partial charge in [-0.3, -0.25) is 4.84 Å². The highest BCUT2D eigenvalue weighted by molar-refractivity contribution is 4.92. The molecule has 0 amide bonds. The number of rotatable bonds is 15. The topological polar surface area (TPSA) is 78.9 Å². The summed E-state index contributed by atoms with van der Waals surface area (Å²) >= 11 is 0. The van der Waals surface area contributed by atoms with Crippen molar-refractivity contribution < 1.29 is 33.6 Å². The molecule has 0 radical (unpaired) electrons. The molecule has 2 heterocycles. The highest BCUT2D eigenvalue weighted by Crippen LogP contribution is 2.29. The van der Waals surface area contributed by atoms with Gasteiger partial charge in [0.15, 0.2) is 6.29 Å². The first-order valence-electron chi connectivity index (χ1n) is 11.7. The number of ether oxygens (including phenoxy) is 5. The third-order valence-electron chi connectivity index (χ3n) is 5.79. The molecule has 0 aliphatic carbocycles. The van der Waals surface area contributed by atoms with Gasteiger partial charge in [0, 0.05) is 26.9 Å². The van der Waals surface area contributed by atoms with Gasteiger partial charge < -0.3 is 28.8 Å². The smallest absolute Gasteiger partial charge is 0.186 e. The van der Waals surface area contributed by atoms with Crippen molar-refractivity contribution in [2.24, 2.45) is 0 Å². The zero-order valence-electron chi connectivity index (χ0n) is 19.3. The fourth-order valence-electron chi connectivity index (χ4n) is 4.02. The molecule has 30 heavy (non-hydrogen) atoms. The summed E-state index contributed by atoms with van der Waals surface area (Å²) in [6, 6.07) is 0. The number of hydroxylamine groups is 2. The third kappa shape index (κ3) is 7.67. The van der Waals surface area contributed by atoms with Crippen molar-refractivity contribution in [1.29, 1.82) is 0 Å². The second kappa shape index (κ2) is 14.7. The van der Waals surface area contributed by atoms with Crippen LogP contribution in [0.4, 0.5) is 0 Å². The van der Waals surface area contributed by atoms with Crippen LogP contribution in [0.15, 0.2) is 0 Å². The molecule has 8 nitrogen and oxygen atoms in total. The molecule has 8 heteroatoms. The van der Waals surface area contributed by atoms with E-state index in [1.807, 2.05) is 0 Å². The van der Waals surface area contributed by atoms with Gasteiger partial charge in [-0.25, -0.2) is 0 Å². The van der Waals surface area contributed by atoms with Gasteiger partial charge in [-0.2, -0.15) is 5.06 Å². The van der Waals surface area contributed by atoms with Gasteiger partial charge >= 0.3 is 0 Å². The minimum atomic E-state index is -0.853. The van der Waals surface area contributed by atoms with Crippen LogP contribution in [0.3, 0.4) is 0 Å². The van der Waals surface area contributed by atoms with E-state index in [4.69, 9.17) is 28.5 Å². The monoisotopic (exact) mass is 433 g/mol. The molecule has 6 atom stereocenters. The van der Waals surface area contributed by atoms with E-state index in [1.54, 1.807) is 19.3 Å². The molecule has 2 rings (SSSR count). The van der Waals surface area contributed by atoms with E-state index >= 15 is 0 Å². The van der Waals surface area contributed by atoms with Gasteiger partial charge in [0.1, 0.15) is 30.6 Å². The lowest BCUT2D eigenvalue weighted by atomic mass is 9.97. The summed E-state index contributed by atoms with van der Waals surface area (Å²) in [7, 11) is 3.22. The molecule has 0 bridgehead atoms. The normalized spacial score (nSPS) is 32.2. The predicted octanol–water partition coefficient (Wildman–Crippen LogP) is 2.87. The second-order valence-electron chi connectivity index (χ2n) is 8.10. The predicted molar refractivity (Wildman–Crippen MR) is 113 cm³/mol. The van der Waals surface area contributed by atoms with Crippen molar-refractivity contribution in [3.8, 4) is 0 Å². The molecule has 0 saturated carbocycles. The summed E-state index contributed by atoms with van der Waals surface area (Å²) in [6.45, 7) is 6.56. The average molecular weight is 434 g/mol. The molecule has 3 unspecified atom stereocenters. The number of unbranched alkanes of at least 4 members (excludes halogenated alkanes) is 4. The van der Waals surface area contributed by atoms with E-state index in [2.05, 4.69) is 13.8 Å². The van der Waals surface area contributed by atoms with E-state index in [-0.39, 0.29) is 6.23 Å². The van der Waals surface area contributed by atoms with Crippen molar-refractivity contribution in [2.75, 3.05) is 40.6 Å². The van der Waals surface area contributed by atoms with Gasteiger partial charge in [-0.1, -0.05) is 39.5 Å². The van der Waals surface area contributed by atoms with Gasteiger partial charge in [0.05, 0.1) is 13.7 Å². The van der Waals surface area contributed by atoms with Crippen LogP contribution in [-0.2, 0) is 28.5 Å². The van der Waals surface area contributed by atoms with Crippen LogP contribution >= 0.6 is 0 Å². The van der Waals surface area contributed by atoms with Crippen LogP contribution in [0, 0.1) is 0 Å². The van der Waals surface area contributed by atoms with E-state index in [0.717, 1.165) is 58.0 Å². The molecule has 2 fully saturated rings. The van der Waals surface area contributed by atoms with Gasteiger partial charge in [0.2, 0.25) is 0 Å². The average Bonchev–Trinajstić information content (AvgIpc) is 3.29. The number of methoxy groups -OCH3 is 1. The van der Waals surface area contributed by atoms with Crippen LogP contribution in [0.5, 0.6) is 0 Å². The Morgan fingerprint density at radius 2 is 1.63 bits per heavy atom. The van der Waals surface area contributed by atoms with E-state index in [0.29, 0.717) is 19.8 Å². The van der Waals surface area contributed by atoms with E-state index < -0.39 is 30.7 Å².